The Balaban J connectivity index is 1.56. The maximum Gasteiger partial charge on any atom is 0.343 e. The molecular weight excluding hydrogens is 458 g/mol. The summed E-state index contributed by atoms with van der Waals surface area (Å²) in [5, 5.41) is 0. The smallest absolute Gasteiger partial charge is 0.343 e. The van der Waals surface area contributed by atoms with E-state index in [0.29, 0.717) is 34.1 Å². The lowest BCUT2D eigenvalue weighted by Crippen LogP contribution is -2.21. The fourth-order valence-corrected chi connectivity index (χ4v) is 4.08. The average molecular weight is 488 g/mol. The molecule has 0 spiro atoms. The number of ketones is 1. The van der Waals surface area contributed by atoms with Crippen molar-refractivity contribution in [1.29, 1.82) is 0 Å². The van der Waals surface area contributed by atoms with Gasteiger partial charge in [-0.3, -0.25) is 4.79 Å². The molecule has 0 saturated carbocycles. The summed E-state index contributed by atoms with van der Waals surface area (Å²) in [4.78, 5) is 28.1. The van der Waals surface area contributed by atoms with E-state index < -0.39 is 5.97 Å². The molecule has 0 fully saturated rings. The van der Waals surface area contributed by atoms with E-state index in [1.807, 2.05) is 24.3 Å². The number of methoxy groups -OCH3 is 2. The van der Waals surface area contributed by atoms with Crippen LogP contribution in [0.5, 0.6) is 23.0 Å². The highest BCUT2D eigenvalue weighted by Crippen LogP contribution is 2.39. The lowest BCUT2D eigenvalue weighted by molar-refractivity contribution is 0.0732. The van der Waals surface area contributed by atoms with Gasteiger partial charge in [-0.05, 0) is 68.8 Å². The van der Waals surface area contributed by atoms with Gasteiger partial charge in [0.25, 0.3) is 0 Å². The van der Waals surface area contributed by atoms with Crippen LogP contribution in [-0.4, -0.2) is 39.1 Å². The van der Waals surface area contributed by atoms with Crippen LogP contribution in [0.15, 0.2) is 60.4 Å². The zero-order chi connectivity index (χ0) is 25.8. The van der Waals surface area contributed by atoms with Gasteiger partial charge < -0.3 is 23.8 Å². The summed E-state index contributed by atoms with van der Waals surface area (Å²) in [6, 6.07) is 16.0. The van der Waals surface area contributed by atoms with Crippen molar-refractivity contribution in [3.63, 3.8) is 0 Å². The normalized spacial score (nSPS) is 13.2. The van der Waals surface area contributed by atoms with Crippen LogP contribution >= 0.6 is 0 Å². The molecule has 0 aromatic heterocycles. The highest BCUT2D eigenvalue weighted by atomic mass is 16.5. The fraction of sp³-hybridized carbons (Fsp3) is 0.241. The lowest BCUT2D eigenvalue weighted by Gasteiger charge is -2.20. The zero-order valence-corrected chi connectivity index (χ0v) is 21.1. The fourth-order valence-electron chi connectivity index (χ4n) is 4.08. The van der Waals surface area contributed by atoms with Gasteiger partial charge in [0, 0.05) is 30.4 Å². The summed E-state index contributed by atoms with van der Waals surface area (Å²) in [5.74, 6) is 1.07. The predicted octanol–water partition coefficient (Wildman–Crippen LogP) is 5.69. The Morgan fingerprint density at radius 3 is 2.17 bits per heavy atom. The van der Waals surface area contributed by atoms with Gasteiger partial charge in [0.05, 0.1) is 25.3 Å². The molecule has 0 radical (unpaired) electrons. The Bertz CT molecular complexity index is 1300. The Morgan fingerprint density at radius 1 is 0.944 bits per heavy atom. The first-order valence-corrected chi connectivity index (χ1v) is 11.8. The number of hydrogen-bond acceptors (Lipinski definition) is 7. The number of Topliss-reactive ketones (excluding diaryl/α,β-unsaturated/α-hetero) is 1. The molecule has 1 heterocycles. The third kappa shape index (κ3) is 4.91. The molecule has 0 aliphatic carbocycles. The molecule has 0 amide bonds. The zero-order valence-electron chi connectivity index (χ0n) is 21.1. The van der Waals surface area contributed by atoms with Crippen molar-refractivity contribution < 1.29 is 28.5 Å². The van der Waals surface area contributed by atoms with Crippen LogP contribution in [0.1, 0.15) is 45.7 Å². The molecule has 3 aromatic rings. The summed E-state index contributed by atoms with van der Waals surface area (Å²) in [5.41, 5.74) is 3.25. The second-order valence-corrected chi connectivity index (χ2v) is 8.26. The maximum absolute atomic E-state index is 13.0. The summed E-state index contributed by atoms with van der Waals surface area (Å²) < 4.78 is 22.0. The summed E-state index contributed by atoms with van der Waals surface area (Å²) in [6.07, 6.45) is 1.72. The lowest BCUT2D eigenvalue weighted by atomic mass is 10.1. The number of rotatable bonds is 8. The van der Waals surface area contributed by atoms with E-state index in [-0.39, 0.29) is 17.1 Å². The quantitative estimate of drug-likeness (QED) is 0.229. The molecule has 36 heavy (non-hydrogen) atoms. The van der Waals surface area contributed by atoms with E-state index in [4.69, 9.17) is 18.9 Å². The highest BCUT2D eigenvalue weighted by Gasteiger charge is 2.30. The van der Waals surface area contributed by atoms with Crippen molar-refractivity contribution in [3.05, 3.63) is 82.6 Å². The van der Waals surface area contributed by atoms with Crippen LogP contribution < -0.4 is 23.8 Å². The topological polar surface area (TPSA) is 74.3 Å². The third-order valence-corrected chi connectivity index (χ3v) is 6.15. The Labute approximate surface area is 210 Å². The molecule has 0 saturated heterocycles. The molecule has 0 atom stereocenters. The monoisotopic (exact) mass is 487 g/mol. The standard InChI is InChI=1S/C29H29NO6/c1-6-30(7-2)21-10-8-19(9-11-21)14-26-27(31)24-12-13-25(18(3)28(24)35-26)36-29(32)20-15-22(33-4)17-23(16-20)34-5/h8-17H,6-7H2,1-5H3/b26-14-. The van der Waals surface area contributed by atoms with Crippen molar-refractivity contribution in [2.75, 3.05) is 32.2 Å². The molecule has 186 valence electrons. The number of carbonyl (C=O) groups is 2. The van der Waals surface area contributed by atoms with Gasteiger partial charge in [-0.1, -0.05) is 12.1 Å². The molecule has 0 N–H and O–H groups in total. The first-order chi connectivity index (χ1) is 17.4. The summed E-state index contributed by atoms with van der Waals surface area (Å²) in [6.45, 7) is 7.83. The van der Waals surface area contributed by atoms with E-state index >= 15 is 0 Å². The predicted molar refractivity (Wildman–Crippen MR) is 139 cm³/mol. The van der Waals surface area contributed by atoms with Crippen LogP contribution in [0.4, 0.5) is 5.69 Å². The molecular formula is C29H29NO6. The van der Waals surface area contributed by atoms with E-state index in [9.17, 15) is 9.59 Å². The van der Waals surface area contributed by atoms with Gasteiger partial charge in [0.1, 0.15) is 23.0 Å². The molecule has 7 nitrogen and oxygen atoms in total. The Hall–Kier alpha value is -4.26. The maximum atomic E-state index is 13.0. The Morgan fingerprint density at radius 2 is 1.58 bits per heavy atom. The minimum atomic E-state index is -0.580. The molecule has 3 aromatic carbocycles. The van der Waals surface area contributed by atoms with Gasteiger partial charge in [0.2, 0.25) is 5.78 Å². The van der Waals surface area contributed by atoms with Crippen LogP contribution in [0.25, 0.3) is 6.08 Å². The van der Waals surface area contributed by atoms with Gasteiger partial charge >= 0.3 is 5.97 Å². The van der Waals surface area contributed by atoms with Crippen molar-refractivity contribution in [2.45, 2.75) is 20.8 Å². The minimum Gasteiger partial charge on any atom is -0.497 e. The number of esters is 1. The number of anilines is 1. The molecule has 1 aliphatic rings. The number of allylic oxidation sites excluding steroid dienone is 1. The van der Waals surface area contributed by atoms with Crippen LogP contribution in [-0.2, 0) is 0 Å². The molecule has 4 rings (SSSR count). The molecule has 0 bridgehead atoms. The van der Waals surface area contributed by atoms with Crippen molar-refractivity contribution >= 4 is 23.5 Å². The van der Waals surface area contributed by atoms with Crippen molar-refractivity contribution in [2.24, 2.45) is 0 Å². The first kappa shape index (κ1) is 24.9. The van der Waals surface area contributed by atoms with Crippen LogP contribution in [0.2, 0.25) is 0 Å². The van der Waals surface area contributed by atoms with Crippen LogP contribution in [0.3, 0.4) is 0 Å². The van der Waals surface area contributed by atoms with E-state index in [2.05, 4.69) is 18.7 Å². The highest BCUT2D eigenvalue weighted by molar-refractivity contribution is 6.15. The molecule has 7 heteroatoms. The van der Waals surface area contributed by atoms with Crippen LogP contribution in [0, 0.1) is 6.92 Å². The number of benzene rings is 3. The molecule has 1 aliphatic heterocycles. The van der Waals surface area contributed by atoms with Crippen molar-refractivity contribution in [3.8, 4) is 23.0 Å². The second-order valence-electron chi connectivity index (χ2n) is 8.26. The SMILES string of the molecule is CCN(CC)c1ccc(/C=C2\Oc3c(ccc(OC(=O)c4cc(OC)cc(OC)c4)c3C)C2=O)cc1. The number of fused-ring (bicyclic) bond motifs is 1. The Kier molecular flexibility index (Phi) is 7.29. The summed E-state index contributed by atoms with van der Waals surface area (Å²) >= 11 is 0. The number of nitrogens with zero attached hydrogens (tertiary/aromatic N) is 1. The van der Waals surface area contributed by atoms with Gasteiger partial charge in [-0.15, -0.1) is 0 Å². The number of ether oxygens (including phenoxy) is 4. The average Bonchev–Trinajstić information content (AvgIpc) is 3.22. The molecule has 0 unspecified atom stereocenters. The second kappa shape index (κ2) is 10.6. The minimum absolute atomic E-state index is 0.212. The first-order valence-electron chi connectivity index (χ1n) is 11.8. The third-order valence-electron chi connectivity index (χ3n) is 6.15. The van der Waals surface area contributed by atoms with Gasteiger partial charge in [-0.25, -0.2) is 4.79 Å². The number of hydrogen-bond donors (Lipinski definition) is 0. The van der Waals surface area contributed by atoms with Gasteiger partial charge in [-0.2, -0.15) is 0 Å². The van der Waals surface area contributed by atoms with E-state index in [0.717, 1.165) is 24.3 Å². The largest absolute Gasteiger partial charge is 0.497 e. The van der Waals surface area contributed by atoms with E-state index in [1.165, 1.54) is 14.2 Å². The summed E-state index contributed by atoms with van der Waals surface area (Å²) in [7, 11) is 3.01. The van der Waals surface area contributed by atoms with E-state index in [1.54, 1.807) is 43.3 Å². The number of carbonyl (C=O) groups excluding carboxylic acids is 2. The van der Waals surface area contributed by atoms with Gasteiger partial charge in [0.15, 0.2) is 5.76 Å². The van der Waals surface area contributed by atoms with Crippen molar-refractivity contribution in [1.82, 2.24) is 0 Å².